The van der Waals surface area contributed by atoms with E-state index in [0.29, 0.717) is 0 Å². The third kappa shape index (κ3) is 6.14. The number of ether oxygens (including phenoxy) is 1. The van der Waals surface area contributed by atoms with Crippen LogP contribution in [0.1, 0.15) is 26.2 Å². The molecule has 0 aromatic rings. The number of likely N-dealkylation sites (tertiary alicyclic amines) is 1. The number of nitriles is 1. The molecule has 0 unspecified atom stereocenters. The summed E-state index contributed by atoms with van der Waals surface area (Å²) in [7, 11) is 2.29. The molecule has 0 radical (unpaired) electrons. The van der Waals surface area contributed by atoms with Gasteiger partial charge in [0.1, 0.15) is 0 Å². The average Bonchev–Trinajstić information content (AvgIpc) is 2.54. The zero-order valence-electron chi connectivity index (χ0n) is 9.16. The second-order valence-corrected chi connectivity index (χ2v) is 4.09. The zero-order valence-corrected chi connectivity index (χ0v) is 9.98. The molecular formula is C10H20N2OS. The van der Waals surface area contributed by atoms with Crippen molar-refractivity contribution in [2.45, 2.75) is 26.2 Å². The van der Waals surface area contributed by atoms with Gasteiger partial charge in [0, 0.05) is 12.8 Å². The number of nitrogens with zero attached hydrogens (tertiary/aromatic N) is 2. The molecule has 0 saturated carbocycles. The van der Waals surface area contributed by atoms with Crippen LogP contribution in [0.15, 0.2) is 0 Å². The Kier molecular flexibility index (Phi) is 7.77. The Hall–Kier alpha value is -0.370. The van der Waals surface area contributed by atoms with Crippen molar-refractivity contribution >= 4 is 12.6 Å². The summed E-state index contributed by atoms with van der Waals surface area (Å²) in [4.78, 5) is 0. The van der Waals surface area contributed by atoms with Crippen LogP contribution in [0.4, 0.5) is 0 Å². The first-order valence-corrected chi connectivity index (χ1v) is 5.52. The Labute approximate surface area is 92.7 Å². The predicted octanol–water partition coefficient (Wildman–Crippen LogP) is 1.63. The molecule has 1 saturated heterocycles. The molecule has 0 amide bonds. The van der Waals surface area contributed by atoms with E-state index < -0.39 is 0 Å². The fraction of sp³-hybridized carbons (Fsp3) is 0.900. The Balaban J connectivity index is 0.000000500. The van der Waals surface area contributed by atoms with Gasteiger partial charge in [-0.2, -0.15) is 0 Å². The molecule has 0 bridgehead atoms. The number of quaternary nitrogens is 1. The third-order valence-electron chi connectivity index (χ3n) is 2.40. The summed E-state index contributed by atoms with van der Waals surface area (Å²) in [6, 6.07) is 0. The van der Waals surface area contributed by atoms with E-state index in [1.165, 1.54) is 31.3 Å². The van der Waals surface area contributed by atoms with Crippen molar-refractivity contribution in [2.75, 3.05) is 33.5 Å². The van der Waals surface area contributed by atoms with Crippen LogP contribution in [0.3, 0.4) is 0 Å². The first-order valence-electron chi connectivity index (χ1n) is 5.11. The van der Waals surface area contributed by atoms with E-state index in [4.69, 9.17) is 10.00 Å². The summed E-state index contributed by atoms with van der Waals surface area (Å²) >= 11 is 3.70. The van der Waals surface area contributed by atoms with Gasteiger partial charge in [0.15, 0.2) is 6.73 Å². The van der Waals surface area contributed by atoms with Gasteiger partial charge in [-0.25, -0.2) is 5.26 Å². The third-order valence-corrected chi connectivity index (χ3v) is 2.40. The molecule has 0 spiro atoms. The topological polar surface area (TPSA) is 33.0 Å². The minimum atomic E-state index is 0.924. The van der Waals surface area contributed by atoms with Crippen LogP contribution < -0.4 is 0 Å². The summed E-state index contributed by atoms with van der Waals surface area (Å²) < 4.78 is 6.68. The minimum absolute atomic E-state index is 0.924. The standard InChI is InChI=1S/C9H20NO.CHNS/c1-3-8-11-9-10(2)6-4-5-7-10;2-1-3/h3-9H2,1-2H3;3H/q+1;/p-1. The van der Waals surface area contributed by atoms with E-state index in [9.17, 15) is 0 Å². The van der Waals surface area contributed by atoms with Crippen LogP contribution in [0.25, 0.3) is 0 Å². The molecule has 0 aliphatic carbocycles. The van der Waals surface area contributed by atoms with Crippen LogP contribution in [0.5, 0.6) is 0 Å². The zero-order chi connectivity index (χ0) is 10.9. The van der Waals surface area contributed by atoms with Crippen LogP contribution in [-0.2, 0) is 17.4 Å². The van der Waals surface area contributed by atoms with E-state index in [0.717, 1.165) is 24.2 Å². The van der Waals surface area contributed by atoms with Crippen molar-refractivity contribution in [1.29, 1.82) is 5.26 Å². The molecule has 0 N–H and O–H groups in total. The van der Waals surface area contributed by atoms with E-state index in [1.54, 1.807) is 0 Å². The molecule has 1 aliphatic rings. The predicted molar refractivity (Wildman–Crippen MR) is 59.2 cm³/mol. The highest BCUT2D eigenvalue weighted by atomic mass is 32.1. The van der Waals surface area contributed by atoms with Crippen molar-refractivity contribution in [2.24, 2.45) is 0 Å². The normalized spacial score (nSPS) is 18.1. The highest BCUT2D eigenvalue weighted by Gasteiger charge is 2.26. The van der Waals surface area contributed by atoms with Crippen LogP contribution in [0, 0.1) is 10.7 Å². The second-order valence-electron chi connectivity index (χ2n) is 3.90. The fourth-order valence-electron chi connectivity index (χ4n) is 1.66. The van der Waals surface area contributed by atoms with Crippen molar-refractivity contribution in [3.8, 4) is 5.40 Å². The lowest BCUT2D eigenvalue weighted by Gasteiger charge is -2.28. The fourth-order valence-corrected chi connectivity index (χ4v) is 1.66. The van der Waals surface area contributed by atoms with Crippen molar-refractivity contribution in [1.82, 2.24) is 0 Å². The molecule has 1 fully saturated rings. The van der Waals surface area contributed by atoms with Crippen molar-refractivity contribution < 1.29 is 9.22 Å². The van der Waals surface area contributed by atoms with Gasteiger partial charge in [-0.3, -0.25) is 0 Å². The molecule has 1 rings (SSSR count). The highest BCUT2D eigenvalue weighted by Crippen LogP contribution is 2.15. The molecule has 4 heteroatoms. The van der Waals surface area contributed by atoms with Gasteiger partial charge in [-0.15, -0.1) is 0 Å². The molecule has 1 heterocycles. The molecule has 1 aliphatic heterocycles. The van der Waals surface area contributed by atoms with Gasteiger partial charge >= 0.3 is 0 Å². The lowest BCUT2D eigenvalue weighted by molar-refractivity contribution is -0.916. The Bertz CT molecular complexity index is 173. The average molecular weight is 216 g/mol. The molecule has 14 heavy (non-hydrogen) atoms. The van der Waals surface area contributed by atoms with Gasteiger partial charge in [0.05, 0.1) is 26.7 Å². The summed E-state index contributed by atoms with van der Waals surface area (Å²) in [5, 5.41) is 8.47. The van der Waals surface area contributed by atoms with Gasteiger partial charge in [0.25, 0.3) is 0 Å². The van der Waals surface area contributed by atoms with Gasteiger partial charge in [-0.05, 0) is 6.42 Å². The number of hydrogen-bond donors (Lipinski definition) is 0. The number of rotatable bonds is 4. The summed E-state index contributed by atoms with van der Waals surface area (Å²) in [5.74, 6) is 0. The molecular weight excluding hydrogens is 196 g/mol. The van der Waals surface area contributed by atoms with Crippen LogP contribution in [-0.4, -0.2) is 38.0 Å². The van der Waals surface area contributed by atoms with Crippen LogP contribution >= 0.6 is 0 Å². The largest absolute Gasteiger partial charge is 0.696 e. The Morgan fingerprint density at radius 3 is 2.36 bits per heavy atom. The van der Waals surface area contributed by atoms with Gasteiger partial charge < -0.3 is 21.8 Å². The second kappa shape index (κ2) is 7.98. The molecule has 3 nitrogen and oxygen atoms in total. The van der Waals surface area contributed by atoms with Gasteiger partial charge in [-0.1, -0.05) is 12.3 Å². The SMILES string of the molecule is CCCOC[N+]1(C)CCCC1.N#C[S-]. The number of thiocyanates is 1. The summed E-state index contributed by atoms with van der Waals surface area (Å²) in [6.07, 6.45) is 3.90. The van der Waals surface area contributed by atoms with E-state index in [1.807, 2.05) is 0 Å². The monoisotopic (exact) mass is 216 g/mol. The van der Waals surface area contributed by atoms with Crippen molar-refractivity contribution in [3.05, 3.63) is 0 Å². The molecule has 0 aromatic heterocycles. The van der Waals surface area contributed by atoms with Gasteiger partial charge in [0.2, 0.25) is 0 Å². The maximum absolute atomic E-state index is 7.13. The molecule has 82 valence electrons. The van der Waals surface area contributed by atoms with Crippen LogP contribution in [0.2, 0.25) is 0 Å². The Morgan fingerprint density at radius 1 is 1.43 bits per heavy atom. The minimum Gasteiger partial charge on any atom is -0.696 e. The van der Waals surface area contributed by atoms with E-state index >= 15 is 0 Å². The quantitative estimate of drug-likeness (QED) is 0.310. The maximum atomic E-state index is 7.13. The van der Waals surface area contributed by atoms with Crippen molar-refractivity contribution in [3.63, 3.8) is 0 Å². The van der Waals surface area contributed by atoms with E-state index in [-0.39, 0.29) is 0 Å². The molecule has 0 atom stereocenters. The highest BCUT2D eigenvalue weighted by molar-refractivity contribution is 7.64. The maximum Gasteiger partial charge on any atom is 0.182 e. The smallest absolute Gasteiger partial charge is 0.182 e. The lowest BCUT2D eigenvalue weighted by atomic mass is 10.4. The summed E-state index contributed by atoms with van der Waals surface area (Å²) in [6.45, 7) is 6.62. The summed E-state index contributed by atoms with van der Waals surface area (Å²) in [5.41, 5.74) is 0. The first-order chi connectivity index (χ1) is 6.68. The lowest BCUT2D eigenvalue weighted by Crippen LogP contribution is -2.42. The Morgan fingerprint density at radius 2 is 1.93 bits per heavy atom. The molecule has 0 aromatic carbocycles. The van der Waals surface area contributed by atoms with E-state index in [2.05, 4.69) is 26.6 Å². The first kappa shape index (κ1) is 13.6. The number of hydrogen-bond acceptors (Lipinski definition) is 3.